The van der Waals surface area contributed by atoms with Crippen molar-refractivity contribution in [2.75, 3.05) is 36.9 Å². The Bertz CT molecular complexity index is 1240. The van der Waals surface area contributed by atoms with Gasteiger partial charge in [0.1, 0.15) is 11.4 Å². The van der Waals surface area contributed by atoms with E-state index in [1.807, 2.05) is 77.2 Å². The van der Waals surface area contributed by atoms with Gasteiger partial charge in [0, 0.05) is 42.6 Å². The molecule has 1 amide bonds. The summed E-state index contributed by atoms with van der Waals surface area (Å²) in [5.41, 5.74) is 0.763. The van der Waals surface area contributed by atoms with Crippen molar-refractivity contribution < 1.29 is 19.4 Å². The number of benzene rings is 1. The Morgan fingerprint density at radius 1 is 1.08 bits per heavy atom. The summed E-state index contributed by atoms with van der Waals surface area (Å²) < 4.78 is 11.3. The van der Waals surface area contributed by atoms with Crippen LogP contribution in [0.2, 0.25) is 0 Å². The van der Waals surface area contributed by atoms with Gasteiger partial charge in [0.25, 0.3) is 0 Å². The van der Waals surface area contributed by atoms with Gasteiger partial charge in [-0.15, -0.1) is 0 Å². The molecule has 1 aliphatic rings. The summed E-state index contributed by atoms with van der Waals surface area (Å²) in [4.78, 5) is 23.3. The number of aliphatic hydroxyl groups is 1. The summed E-state index contributed by atoms with van der Waals surface area (Å²) in [6.45, 7) is 13.2. The lowest BCUT2D eigenvalue weighted by atomic mass is 9.96. The van der Waals surface area contributed by atoms with Crippen LogP contribution in [0.1, 0.15) is 53.0 Å². The Kier molecular flexibility index (Phi) is 8.92. The molecule has 1 saturated heterocycles. The lowest BCUT2D eigenvalue weighted by Crippen LogP contribution is -2.43. The maximum Gasteiger partial charge on any atom is 0.413 e. The Hall–Kier alpha value is -3.43. The van der Waals surface area contributed by atoms with Crippen molar-refractivity contribution in [3.8, 4) is 5.88 Å². The molecule has 9 nitrogen and oxygen atoms in total. The zero-order valence-corrected chi connectivity index (χ0v) is 23.7. The van der Waals surface area contributed by atoms with Crippen LogP contribution < -0.4 is 15.4 Å². The molecule has 0 unspecified atom stereocenters. The number of carbonyl (C=O) groups excluding carboxylic acids is 1. The van der Waals surface area contributed by atoms with Crippen LogP contribution in [-0.2, 0) is 11.3 Å². The fourth-order valence-electron chi connectivity index (χ4n) is 4.65. The molecule has 0 spiro atoms. The molecular formula is C30H41N5O4. The molecule has 0 radical (unpaired) electrons. The second kappa shape index (κ2) is 12.2. The highest BCUT2D eigenvalue weighted by Crippen LogP contribution is 2.26. The number of carbonyl (C=O) groups is 1. The van der Waals surface area contributed by atoms with Crippen LogP contribution in [0.4, 0.5) is 16.3 Å². The number of likely N-dealkylation sites (tertiary alicyclic amines) is 1. The third-order valence-electron chi connectivity index (χ3n) is 6.46. The van der Waals surface area contributed by atoms with E-state index in [9.17, 15) is 9.90 Å². The largest absolute Gasteiger partial charge is 0.477 e. The van der Waals surface area contributed by atoms with Gasteiger partial charge in [-0.25, -0.2) is 14.8 Å². The van der Waals surface area contributed by atoms with Gasteiger partial charge in [0.15, 0.2) is 0 Å². The Labute approximate surface area is 230 Å². The van der Waals surface area contributed by atoms with Crippen LogP contribution in [0.5, 0.6) is 5.88 Å². The lowest BCUT2D eigenvalue weighted by Gasteiger charge is -2.35. The first kappa shape index (κ1) is 28.6. The summed E-state index contributed by atoms with van der Waals surface area (Å²) in [6.07, 6.45) is 5.11. The van der Waals surface area contributed by atoms with E-state index in [4.69, 9.17) is 9.47 Å². The van der Waals surface area contributed by atoms with Gasteiger partial charge in [0.2, 0.25) is 5.88 Å². The third kappa shape index (κ3) is 9.07. The molecule has 2 aromatic heterocycles. The van der Waals surface area contributed by atoms with Gasteiger partial charge >= 0.3 is 6.09 Å². The number of hydrogen-bond acceptors (Lipinski definition) is 8. The summed E-state index contributed by atoms with van der Waals surface area (Å²) >= 11 is 0. The first-order valence-corrected chi connectivity index (χ1v) is 13.6. The molecule has 1 aromatic carbocycles. The van der Waals surface area contributed by atoms with Crippen LogP contribution in [-0.4, -0.2) is 63.5 Å². The van der Waals surface area contributed by atoms with Gasteiger partial charge in [-0.05, 0) is 102 Å². The number of anilines is 2. The molecule has 0 atom stereocenters. The highest BCUT2D eigenvalue weighted by atomic mass is 16.6. The zero-order valence-electron chi connectivity index (χ0n) is 23.7. The quantitative estimate of drug-likeness (QED) is 0.332. The average Bonchev–Trinajstić information content (AvgIpc) is 2.86. The zero-order chi connectivity index (χ0) is 28.0. The third-order valence-corrected chi connectivity index (χ3v) is 6.46. The van der Waals surface area contributed by atoms with Crippen LogP contribution in [0.15, 0.2) is 48.8 Å². The van der Waals surface area contributed by atoms with E-state index in [1.165, 1.54) is 0 Å². The number of nitrogens with one attached hydrogen (secondary N) is 2. The molecule has 0 bridgehead atoms. The average molecular weight is 536 g/mol. The molecule has 1 aliphatic heterocycles. The normalized spacial score (nSPS) is 15.2. The van der Waals surface area contributed by atoms with E-state index in [-0.39, 0.29) is 0 Å². The first-order valence-electron chi connectivity index (χ1n) is 13.6. The minimum Gasteiger partial charge on any atom is -0.477 e. The standard InChI is InChI=1S/C30H41N5O4/c1-29(2,3)39-28(36)34-27-25-8-7-24(16-23(25)10-13-31-27)32-17-22-6-9-26(33-18-22)38-19-21-11-14-35(15-12-21)20-30(4,5)37/h6-10,13,16,18,21,32,37H,11-12,14-15,17,19-20H2,1-5H3,(H,31,34,36). The Morgan fingerprint density at radius 3 is 2.51 bits per heavy atom. The van der Waals surface area contributed by atoms with Gasteiger partial charge in [-0.1, -0.05) is 6.07 Å². The number of nitrogens with zero attached hydrogens (tertiary/aromatic N) is 3. The monoisotopic (exact) mass is 535 g/mol. The van der Waals surface area contributed by atoms with Crippen molar-refractivity contribution in [2.24, 2.45) is 5.92 Å². The Balaban J connectivity index is 1.25. The number of rotatable bonds is 9. The molecule has 3 heterocycles. The fourth-order valence-corrected chi connectivity index (χ4v) is 4.65. The van der Waals surface area contributed by atoms with Crippen LogP contribution in [0.25, 0.3) is 10.8 Å². The number of piperidine rings is 1. The molecule has 3 N–H and O–H groups in total. The topological polar surface area (TPSA) is 109 Å². The minimum absolute atomic E-state index is 0.466. The van der Waals surface area contributed by atoms with Gasteiger partial charge in [-0.2, -0.15) is 0 Å². The molecule has 4 rings (SSSR count). The van der Waals surface area contributed by atoms with E-state index in [1.54, 1.807) is 6.20 Å². The van der Waals surface area contributed by atoms with E-state index < -0.39 is 17.3 Å². The molecular weight excluding hydrogens is 494 g/mol. The Morgan fingerprint density at radius 2 is 1.85 bits per heavy atom. The van der Waals surface area contributed by atoms with Crippen molar-refractivity contribution in [1.29, 1.82) is 0 Å². The second-order valence-electron chi connectivity index (χ2n) is 11.9. The number of fused-ring (bicyclic) bond motifs is 1. The summed E-state index contributed by atoms with van der Waals surface area (Å²) in [6, 6.07) is 11.8. The molecule has 9 heteroatoms. The van der Waals surface area contributed by atoms with Gasteiger partial charge in [0.05, 0.1) is 12.2 Å². The van der Waals surface area contributed by atoms with Crippen molar-refractivity contribution in [1.82, 2.24) is 14.9 Å². The first-order chi connectivity index (χ1) is 18.4. The van der Waals surface area contributed by atoms with Gasteiger partial charge < -0.3 is 24.8 Å². The maximum atomic E-state index is 12.2. The molecule has 210 valence electrons. The SMILES string of the molecule is CC(C)(O)CN1CCC(COc2ccc(CNc3ccc4c(NC(=O)OC(C)(C)C)nccc4c3)cn2)CC1. The number of pyridine rings is 2. The number of aromatic nitrogens is 2. The number of amides is 1. The molecule has 1 fully saturated rings. The molecule has 0 aliphatic carbocycles. The van der Waals surface area contributed by atoms with Crippen molar-refractivity contribution in [3.63, 3.8) is 0 Å². The van der Waals surface area contributed by atoms with Crippen molar-refractivity contribution in [2.45, 2.75) is 65.2 Å². The maximum absolute atomic E-state index is 12.2. The lowest BCUT2D eigenvalue weighted by molar-refractivity contribution is 0.0210. The molecule has 0 saturated carbocycles. The second-order valence-corrected chi connectivity index (χ2v) is 11.9. The van der Waals surface area contributed by atoms with Crippen molar-refractivity contribution in [3.05, 3.63) is 54.4 Å². The van der Waals surface area contributed by atoms with Gasteiger partial charge in [-0.3, -0.25) is 5.32 Å². The number of hydrogen-bond donors (Lipinski definition) is 3. The number of ether oxygens (including phenoxy) is 2. The summed E-state index contributed by atoms with van der Waals surface area (Å²) in [7, 11) is 0. The van der Waals surface area contributed by atoms with Crippen molar-refractivity contribution >= 4 is 28.4 Å². The highest BCUT2D eigenvalue weighted by Gasteiger charge is 2.24. The summed E-state index contributed by atoms with van der Waals surface area (Å²) in [5, 5.41) is 18.0. The number of β-amino-alcohol motifs (C(OH)–C–C–N with tert-alkyl or cyclic N) is 1. The minimum atomic E-state index is -0.653. The van der Waals surface area contributed by atoms with Crippen LogP contribution in [0.3, 0.4) is 0 Å². The fraction of sp³-hybridized carbons (Fsp3) is 0.500. The predicted octanol–water partition coefficient (Wildman–Crippen LogP) is 5.45. The van der Waals surface area contributed by atoms with Crippen LogP contribution in [0, 0.1) is 5.92 Å². The van der Waals surface area contributed by atoms with E-state index in [2.05, 4.69) is 25.5 Å². The van der Waals surface area contributed by atoms with Crippen LogP contribution >= 0.6 is 0 Å². The smallest absolute Gasteiger partial charge is 0.413 e. The van der Waals surface area contributed by atoms with E-state index in [0.29, 0.717) is 37.3 Å². The molecule has 3 aromatic rings. The molecule has 39 heavy (non-hydrogen) atoms. The van der Waals surface area contributed by atoms with E-state index >= 15 is 0 Å². The highest BCUT2D eigenvalue weighted by molar-refractivity contribution is 5.99. The van der Waals surface area contributed by atoms with E-state index in [0.717, 1.165) is 48.0 Å². The predicted molar refractivity (Wildman–Crippen MR) is 154 cm³/mol. The summed E-state index contributed by atoms with van der Waals surface area (Å²) in [5.74, 6) is 1.61.